The number of aliphatic carboxylic acids is 2. The quantitative estimate of drug-likeness (QED) is 0.700. The highest BCUT2D eigenvalue weighted by Gasteiger charge is 2.40. The molecule has 1 unspecified atom stereocenters. The maximum absolute atomic E-state index is 13.5. The molecule has 0 heterocycles. The molecule has 0 aromatic carbocycles. The number of carbonyl (C=O) groups is 2. The molecule has 0 aromatic rings. The standard InChI is InChI=1S/C9H9FO4/c1-5-2-3-9(10,8(13)14)4-6(5)7(11)12/h2-3H,4H2,1H3,(H,11,12)(H,13,14). The minimum absolute atomic E-state index is 0.197. The van der Waals surface area contributed by atoms with Gasteiger partial charge in [-0.3, -0.25) is 0 Å². The zero-order valence-electron chi connectivity index (χ0n) is 7.45. The molecule has 2 N–H and O–H groups in total. The first-order chi connectivity index (χ1) is 6.37. The summed E-state index contributed by atoms with van der Waals surface area (Å²) in [5.41, 5.74) is -2.41. The van der Waals surface area contributed by atoms with Gasteiger partial charge in [0.25, 0.3) is 0 Å². The molecular formula is C9H9FO4. The van der Waals surface area contributed by atoms with E-state index in [2.05, 4.69) is 0 Å². The van der Waals surface area contributed by atoms with Crippen LogP contribution in [0, 0.1) is 0 Å². The van der Waals surface area contributed by atoms with Gasteiger partial charge < -0.3 is 10.2 Å². The maximum Gasteiger partial charge on any atom is 0.345 e. The summed E-state index contributed by atoms with van der Waals surface area (Å²) in [5.74, 6) is -2.95. The van der Waals surface area contributed by atoms with Crippen LogP contribution in [0.2, 0.25) is 0 Å². The molecule has 0 bridgehead atoms. The van der Waals surface area contributed by atoms with E-state index in [1.807, 2.05) is 0 Å². The lowest BCUT2D eigenvalue weighted by Crippen LogP contribution is -2.34. The number of hydrogen-bond acceptors (Lipinski definition) is 2. The van der Waals surface area contributed by atoms with Crippen molar-refractivity contribution in [2.75, 3.05) is 0 Å². The lowest BCUT2D eigenvalue weighted by Gasteiger charge is -2.21. The number of hydrogen-bond donors (Lipinski definition) is 2. The lowest BCUT2D eigenvalue weighted by atomic mass is 9.88. The topological polar surface area (TPSA) is 74.6 Å². The van der Waals surface area contributed by atoms with Crippen LogP contribution < -0.4 is 0 Å². The van der Waals surface area contributed by atoms with Crippen molar-refractivity contribution in [1.29, 1.82) is 0 Å². The molecule has 1 aliphatic carbocycles. The van der Waals surface area contributed by atoms with Gasteiger partial charge in [0.2, 0.25) is 5.67 Å². The molecule has 0 saturated carbocycles. The van der Waals surface area contributed by atoms with Gasteiger partial charge in [0.05, 0.1) is 0 Å². The fourth-order valence-electron chi connectivity index (χ4n) is 1.20. The zero-order valence-corrected chi connectivity index (χ0v) is 7.45. The second-order valence-electron chi connectivity index (χ2n) is 3.14. The van der Waals surface area contributed by atoms with Crippen LogP contribution in [0.3, 0.4) is 0 Å². The average molecular weight is 200 g/mol. The van der Waals surface area contributed by atoms with Gasteiger partial charge in [-0.25, -0.2) is 14.0 Å². The Labute approximate surface area is 79.4 Å². The first kappa shape index (κ1) is 10.4. The zero-order chi connectivity index (χ0) is 10.9. The van der Waals surface area contributed by atoms with E-state index in [9.17, 15) is 14.0 Å². The highest BCUT2D eigenvalue weighted by molar-refractivity contribution is 5.92. The Bertz CT molecular complexity index is 356. The molecule has 0 radical (unpaired) electrons. The third-order valence-corrected chi connectivity index (χ3v) is 2.12. The van der Waals surface area contributed by atoms with Gasteiger partial charge in [-0.2, -0.15) is 0 Å². The lowest BCUT2D eigenvalue weighted by molar-refractivity contribution is -0.147. The predicted molar refractivity (Wildman–Crippen MR) is 45.6 cm³/mol. The van der Waals surface area contributed by atoms with E-state index < -0.39 is 24.0 Å². The third kappa shape index (κ3) is 1.66. The molecule has 0 aliphatic heterocycles. The van der Waals surface area contributed by atoms with Gasteiger partial charge in [-0.05, 0) is 18.6 Å². The molecule has 14 heavy (non-hydrogen) atoms. The Morgan fingerprint density at radius 2 is 2.07 bits per heavy atom. The van der Waals surface area contributed by atoms with E-state index in [0.717, 1.165) is 6.08 Å². The normalized spacial score (nSPS) is 26.4. The van der Waals surface area contributed by atoms with Gasteiger partial charge in [0.15, 0.2) is 0 Å². The Kier molecular flexibility index (Phi) is 2.42. The highest BCUT2D eigenvalue weighted by Crippen LogP contribution is 2.30. The van der Waals surface area contributed by atoms with Crippen molar-refractivity contribution in [2.45, 2.75) is 19.0 Å². The van der Waals surface area contributed by atoms with Gasteiger partial charge >= 0.3 is 11.9 Å². The number of carboxylic acid groups (broad SMARTS) is 2. The molecule has 4 nitrogen and oxygen atoms in total. The van der Waals surface area contributed by atoms with Gasteiger partial charge in [0, 0.05) is 12.0 Å². The van der Waals surface area contributed by atoms with Crippen LogP contribution >= 0.6 is 0 Å². The van der Waals surface area contributed by atoms with Crippen molar-refractivity contribution in [3.05, 3.63) is 23.3 Å². The number of halogens is 1. The van der Waals surface area contributed by atoms with Crippen molar-refractivity contribution in [2.24, 2.45) is 0 Å². The van der Waals surface area contributed by atoms with E-state index in [0.29, 0.717) is 5.57 Å². The van der Waals surface area contributed by atoms with Crippen molar-refractivity contribution in [3.8, 4) is 0 Å². The van der Waals surface area contributed by atoms with Crippen molar-refractivity contribution < 1.29 is 24.2 Å². The molecule has 5 heteroatoms. The highest BCUT2D eigenvalue weighted by atomic mass is 19.1. The minimum Gasteiger partial charge on any atom is -0.479 e. The Balaban J connectivity index is 3.07. The Morgan fingerprint density at radius 1 is 1.50 bits per heavy atom. The van der Waals surface area contributed by atoms with Gasteiger partial charge in [0.1, 0.15) is 0 Å². The molecule has 0 amide bonds. The maximum atomic E-state index is 13.5. The summed E-state index contributed by atoms with van der Waals surface area (Å²) < 4.78 is 13.5. The molecule has 0 aromatic heterocycles. The Morgan fingerprint density at radius 3 is 2.50 bits per heavy atom. The number of carboxylic acids is 2. The number of alkyl halides is 1. The summed E-state index contributed by atoms with van der Waals surface area (Å²) in [6, 6.07) is 0. The molecule has 76 valence electrons. The predicted octanol–water partition coefficient (Wildman–Crippen LogP) is 1.14. The van der Waals surface area contributed by atoms with Gasteiger partial charge in [-0.15, -0.1) is 0 Å². The van der Waals surface area contributed by atoms with Crippen LogP contribution in [-0.2, 0) is 9.59 Å². The van der Waals surface area contributed by atoms with Gasteiger partial charge in [-0.1, -0.05) is 6.08 Å². The molecule has 1 atom stereocenters. The van der Waals surface area contributed by atoms with Crippen molar-refractivity contribution in [3.63, 3.8) is 0 Å². The molecule has 0 saturated heterocycles. The average Bonchev–Trinajstić information content (AvgIpc) is 2.09. The van der Waals surface area contributed by atoms with Crippen LogP contribution in [0.25, 0.3) is 0 Å². The summed E-state index contributed by atoms with van der Waals surface area (Å²) in [5, 5.41) is 17.2. The second-order valence-corrected chi connectivity index (χ2v) is 3.14. The number of rotatable bonds is 2. The summed E-state index contributed by atoms with van der Waals surface area (Å²) >= 11 is 0. The van der Waals surface area contributed by atoms with E-state index in [-0.39, 0.29) is 5.57 Å². The largest absolute Gasteiger partial charge is 0.479 e. The van der Waals surface area contributed by atoms with E-state index >= 15 is 0 Å². The van der Waals surface area contributed by atoms with Crippen molar-refractivity contribution >= 4 is 11.9 Å². The van der Waals surface area contributed by atoms with E-state index in [4.69, 9.17) is 10.2 Å². The molecule has 1 rings (SSSR count). The van der Waals surface area contributed by atoms with Crippen LogP contribution in [0.15, 0.2) is 23.3 Å². The minimum atomic E-state index is -2.59. The van der Waals surface area contributed by atoms with Crippen LogP contribution in [0.4, 0.5) is 4.39 Å². The SMILES string of the molecule is CC1=C(C(=O)O)CC(F)(C(=O)O)C=C1. The second kappa shape index (κ2) is 3.25. The monoisotopic (exact) mass is 200 g/mol. The van der Waals surface area contributed by atoms with Crippen LogP contribution in [-0.4, -0.2) is 27.8 Å². The molecule has 0 fully saturated rings. The smallest absolute Gasteiger partial charge is 0.345 e. The summed E-state index contributed by atoms with van der Waals surface area (Å²) in [6.07, 6.45) is 1.43. The molecule has 0 spiro atoms. The van der Waals surface area contributed by atoms with E-state index in [1.54, 1.807) is 0 Å². The fourth-order valence-corrected chi connectivity index (χ4v) is 1.20. The summed E-state index contributed by atoms with van der Waals surface area (Å²) in [4.78, 5) is 21.1. The Hall–Kier alpha value is -1.65. The summed E-state index contributed by atoms with van der Waals surface area (Å²) in [7, 11) is 0. The third-order valence-electron chi connectivity index (χ3n) is 2.12. The first-order valence-electron chi connectivity index (χ1n) is 3.91. The summed E-state index contributed by atoms with van der Waals surface area (Å²) in [6.45, 7) is 1.50. The molecule has 1 aliphatic rings. The van der Waals surface area contributed by atoms with Crippen LogP contribution in [0.1, 0.15) is 13.3 Å². The first-order valence-corrected chi connectivity index (χ1v) is 3.91. The number of allylic oxidation sites excluding steroid dienone is 2. The fraction of sp³-hybridized carbons (Fsp3) is 0.333. The van der Waals surface area contributed by atoms with Crippen molar-refractivity contribution in [1.82, 2.24) is 0 Å². The molecular weight excluding hydrogens is 191 g/mol. The van der Waals surface area contributed by atoms with Crippen LogP contribution in [0.5, 0.6) is 0 Å². The van der Waals surface area contributed by atoms with E-state index in [1.165, 1.54) is 13.0 Å².